The average Bonchev–Trinajstić information content (AvgIpc) is 2.77. The van der Waals surface area contributed by atoms with Crippen molar-refractivity contribution in [2.45, 2.75) is 89.6 Å². The highest BCUT2D eigenvalue weighted by molar-refractivity contribution is 8.76. The highest BCUT2D eigenvalue weighted by Crippen LogP contribution is 2.24. The number of esters is 1. The molecule has 9 nitrogen and oxygen atoms in total. The molecule has 11 heteroatoms. The molecule has 0 saturated carbocycles. The molecule has 0 aliphatic carbocycles. The van der Waals surface area contributed by atoms with Crippen LogP contribution in [0.3, 0.4) is 0 Å². The first-order valence-corrected chi connectivity index (χ1v) is 14.4. The number of carbonyl (C=O) groups is 4. The van der Waals surface area contributed by atoms with Gasteiger partial charge in [0.1, 0.15) is 18.2 Å². The Kier molecular flexibility index (Phi) is 12.3. The van der Waals surface area contributed by atoms with Crippen LogP contribution in [0.4, 0.5) is 0 Å². The second kappa shape index (κ2) is 14.6. The van der Waals surface area contributed by atoms with Crippen LogP contribution < -0.4 is 16.0 Å². The molecule has 34 heavy (non-hydrogen) atoms. The molecular weight excluding hydrogens is 478 g/mol. The number of carbonyl (C=O) groups excluding carboxylic acids is 4. The predicted molar refractivity (Wildman–Crippen MR) is 134 cm³/mol. The molecule has 1 unspecified atom stereocenters. The maximum atomic E-state index is 13.2. The highest BCUT2D eigenvalue weighted by Gasteiger charge is 2.33. The smallest absolute Gasteiger partial charge is 0.309 e. The van der Waals surface area contributed by atoms with E-state index in [1.807, 2.05) is 26.8 Å². The minimum Gasteiger partial charge on any atom is -0.457 e. The largest absolute Gasteiger partial charge is 0.457 e. The topological polar surface area (TPSA) is 134 Å². The molecule has 2 aliphatic heterocycles. The van der Waals surface area contributed by atoms with Crippen molar-refractivity contribution in [3.05, 3.63) is 12.2 Å². The first kappa shape index (κ1) is 28.5. The number of allylic oxidation sites excluding steroid dienone is 1. The number of hydrogen-bond donors (Lipinski definition) is 4. The Morgan fingerprint density at radius 3 is 2.56 bits per heavy atom. The van der Waals surface area contributed by atoms with Crippen molar-refractivity contribution in [2.24, 2.45) is 5.92 Å². The Morgan fingerprint density at radius 1 is 1.09 bits per heavy atom. The molecule has 3 amide bonds. The van der Waals surface area contributed by atoms with Crippen molar-refractivity contribution in [1.29, 1.82) is 0 Å². The molecular formula is C23H37N3O6S2. The van der Waals surface area contributed by atoms with Gasteiger partial charge in [-0.2, -0.15) is 0 Å². The molecule has 2 bridgehead atoms. The van der Waals surface area contributed by atoms with Gasteiger partial charge in [-0.05, 0) is 24.8 Å². The Hall–Kier alpha value is -1.72. The maximum Gasteiger partial charge on any atom is 0.309 e. The summed E-state index contributed by atoms with van der Waals surface area (Å²) in [5.74, 6) is -1.04. The van der Waals surface area contributed by atoms with Crippen LogP contribution in [0.25, 0.3) is 0 Å². The Labute approximate surface area is 209 Å². The molecule has 192 valence electrons. The first-order chi connectivity index (χ1) is 16.2. The predicted octanol–water partition coefficient (Wildman–Crippen LogP) is 1.69. The molecule has 2 aliphatic rings. The van der Waals surface area contributed by atoms with Crippen molar-refractivity contribution in [1.82, 2.24) is 16.0 Å². The monoisotopic (exact) mass is 515 g/mol. The fraction of sp³-hybridized carbons (Fsp3) is 0.739. The third-order valence-electron chi connectivity index (χ3n) is 5.65. The maximum absolute atomic E-state index is 13.2. The highest BCUT2D eigenvalue weighted by atomic mass is 33.1. The van der Waals surface area contributed by atoms with Gasteiger partial charge in [-0.1, -0.05) is 61.3 Å². The van der Waals surface area contributed by atoms with Crippen molar-refractivity contribution >= 4 is 45.3 Å². The lowest BCUT2D eigenvalue weighted by Gasteiger charge is -2.29. The lowest BCUT2D eigenvalue weighted by atomic mass is 9.96. The number of aliphatic hydroxyl groups excluding tert-OH is 1. The van der Waals surface area contributed by atoms with E-state index in [1.54, 1.807) is 16.9 Å². The van der Waals surface area contributed by atoms with E-state index in [9.17, 15) is 24.3 Å². The number of rotatable bonds is 4. The fourth-order valence-corrected chi connectivity index (χ4v) is 5.90. The number of hydrogen-bond acceptors (Lipinski definition) is 8. The molecule has 0 aromatic heterocycles. The Balaban J connectivity index is 2.45. The van der Waals surface area contributed by atoms with Gasteiger partial charge >= 0.3 is 5.97 Å². The molecule has 5 atom stereocenters. The van der Waals surface area contributed by atoms with Crippen LogP contribution >= 0.6 is 21.6 Å². The second-order valence-electron chi connectivity index (χ2n) is 8.93. The summed E-state index contributed by atoms with van der Waals surface area (Å²) in [5.41, 5.74) is 0. The molecule has 0 aromatic carbocycles. The van der Waals surface area contributed by atoms with Gasteiger partial charge in [0.15, 0.2) is 0 Å². The number of fused-ring (bicyclic) bond motifs is 7. The second-order valence-corrected chi connectivity index (χ2v) is 11.6. The summed E-state index contributed by atoms with van der Waals surface area (Å²) in [4.78, 5) is 51.6. The fourth-order valence-electron chi connectivity index (χ4n) is 3.74. The van der Waals surface area contributed by atoms with Gasteiger partial charge in [-0.25, -0.2) is 0 Å². The van der Waals surface area contributed by atoms with E-state index in [2.05, 4.69) is 16.0 Å². The summed E-state index contributed by atoms with van der Waals surface area (Å²) >= 11 is 0. The van der Waals surface area contributed by atoms with E-state index in [-0.39, 0.29) is 18.8 Å². The van der Waals surface area contributed by atoms with E-state index in [0.29, 0.717) is 18.6 Å². The summed E-state index contributed by atoms with van der Waals surface area (Å²) in [6.07, 6.45) is 3.77. The van der Waals surface area contributed by atoms with Gasteiger partial charge in [0, 0.05) is 11.5 Å². The van der Waals surface area contributed by atoms with E-state index >= 15 is 0 Å². The number of unbranched alkanes of at least 4 members (excludes halogenated alkanes) is 1. The standard InChI is InChI=1S/C23H37N3O6S2/c1-4-5-9-16-22(30)25-17-13-34-33-10-7-6-8-15(11-19(28)24-16)32-20(29)12-18(27)21(14(2)3)26-23(17)31/h6,8,14-18,21,27H,4-5,7,9-13H2,1-3H3,(H,24,28)(H,25,30)(H,26,31)/b8-6+/t15-,16+,17?,18-,21-/m1/s1. The van der Waals surface area contributed by atoms with Crippen molar-refractivity contribution < 1.29 is 29.0 Å². The van der Waals surface area contributed by atoms with E-state index in [4.69, 9.17) is 4.74 Å². The third kappa shape index (κ3) is 9.50. The number of ether oxygens (including phenoxy) is 1. The van der Waals surface area contributed by atoms with Gasteiger partial charge in [-0.15, -0.1) is 0 Å². The summed E-state index contributed by atoms with van der Waals surface area (Å²) < 4.78 is 5.51. The Morgan fingerprint density at radius 2 is 1.85 bits per heavy atom. The van der Waals surface area contributed by atoms with Crippen molar-refractivity contribution in [3.63, 3.8) is 0 Å². The number of amides is 3. The van der Waals surface area contributed by atoms with E-state index in [1.165, 1.54) is 10.8 Å². The van der Waals surface area contributed by atoms with Gasteiger partial charge < -0.3 is 25.8 Å². The van der Waals surface area contributed by atoms with Gasteiger partial charge in [-0.3, -0.25) is 19.2 Å². The third-order valence-corrected chi connectivity index (χ3v) is 8.10. The van der Waals surface area contributed by atoms with E-state index in [0.717, 1.165) is 18.6 Å². The Bertz CT molecular complexity index is 748. The zero-order valence-corrected chi connectivity index (χ0v) is 21.7. The molecule has 0 spiro atoms. The van der Waals surface area contributed by atoms with Crippen LogP contribution in [-0.2, 0) is 23.9 Å². The zero-order valence-electron chi connectivity index (χ0n) is 20.1. The lowest BCUT2D eigenvalue weighted by Crippen LogP contribution is -2.57. The minimum absolute atomic E-state index is 0.135. The quantitative estimate of drug-likeness (QED) is 0.253. The normalized spacial score (nSPS) is 31.3. The molecule has 2 heterocycles. The van der Waals surface area contributed by atoms with Crippen LogP contribution in [0.1, 0.15) is 59.3 Å². The van der Waals surface area contributed by atoms with Crippen LogP contribution in [0.15, 0.2) is 12.2 Å². The molecule has 1 saturated heterocycles. The molecule has 4 N–H and O–H groups in total. The molecule has 0 radical (unpaired) electrons. The molecule has 1 fully saturated rings. The number of aliphatic hydroxyl groups is 1. The number of nitrogens with one attached hydrogen (secondary N) is 3. The SMILES string of the molecule is CCCC[C@@H]1NC(=O)C[C@H]2/C=C/CCSSCC(NC1=O)C(=O)N[C@H](C(C)C)[C@H](O)CC(=O)O2. The van der Waals surface area contributed by atoms with Crippen molar-refractivity contribution in [3.8, 4) is 0 Å². The van der Waals surface area contributed by atoms with Crippen LogP contribution in [-0.4, -0.2) is 70.6 Å². The average molecular weight is 516 g/mol. The summed E-state index contributed by atoms with van der Waals surface area (Å²) in [6, 6.07) is -2.37. The van der Waals surface area contributed by atoms with Crippen molar-refractivity contribution in [2.75, 3.05) is 11.5 Å². The van der Waals surface area contributed by atoms with Crippen LogP contribution in [0.5, 0.6) is 0 Å². The van der Waals surface area contributed by atoms with Gasteiger partial charge in [0.05, 0.1) is 25.0 Å². The van der Waals surface area contributed by atoms with Crippen LogP contribution in [0, 0.1) is 5.92 Å². The van der Waals surface area contributed by atoms with E-state index < -0.39 is 54.0 Å². The van der Waals surface area contributed by atoms with Gasteiger partial charge in [0.25, 0.3) is 0 Å². The lowest BCUT2D eigenvalue weighted by molar-refractivity contribution is -0.151. The zero-order chi connectivity index (χ0) is 25.1. The minimum atomic E-state index is -1.18. The first-order valence-electron chi connectivity index (χ1n) is 11.9. The summed E-state index contributed by atoms with van der Waals surface area (Å²) in [7, 11) is 3.05. The summed E-state index contributed by atoms with van der Waals surface area (Å²) in [6.45, 7) is 5.65. The molecule has 2 rings (SSSR count). The summed E-state index contributed by atoms with van der Waals surface area (Å²) in [5, 5.41) is 19.1. The van der Waals surface area contributed by atoms with Crippen LogP contribution in [0.2, 0.25) is 0 Å². The van der Waals surface area contributed by atoms with Gasteiger partial charge in [0.2, 0.25) is 17.7 Å². The molecule has 0 aromatic rings.